The zero-order valence-electron chi connectivity index (χ0n) is 11.9. The summed E-state index contributed by atoms with van der Waals surface area (Å²) in [6.07, 6.45) is 2.21. The van der Waals surface area contributed by atoms with Crippen LogP contribution in [0.3, 0.4) is 0 Å². The van der Waals surface area contributed by atoms with E-state index < -0.39 is 0 Å². The average molecular weight is 260 g/mol. The molecular weight excluding hydrogens is 236 g/mol. The van der Waals surface area contributed by atoms with Gasteiger partial charge in [-0.3, -0.25) is 4.79 Å². The van der Waals surface area contributed by atoms with Crippen LogP contribution in [0.1, 0.15) is 38.2 Å². The molecule has 2 rings (SSSR count). The monoisotopic (exact) mass is 260 g/mol. The molecule has 2 N–H and O–H groups in total. The van der Waals surface area contributed by atoms with E-state index in [0.29, 0.717) is 5.92 Å². The molecule has 19 heavy (non-hydrogen) atoms. The lowest BCUT2D eigenvalue weighted by Gasteiger charge is -2.36. The molecule has 1 aliphatic rings. The van der Waals surface area contributed by atoms with E-state index >= 15 is 0 Å². The normalized spacial score (nSPS) is 22.9. The van der Waals surface area contributed by atoms with Gasteiger partial charge in [-0.2, -0.15) is 0 Å². The van der Waals surface area contributed by atoms with Crippen LogP contribution in [0.2, 0.25) is 0 Å². The summed E-state index contributed by atoms with van der Waals surface area (Å²) in [5.74, 6) is 0.616. The Morgan fingerprint density at radius 1 is 1.32 bits per heavy atom. The van der Waals surface area contributed by atoms with Gasteiger partial charge in [0.2, 0.25) is 5.91 Å². The van der Waals surface area contributed by atoms with Gasteiger partial charge in [-0.15, -0.1) is 0 Å². The van der Waals surface area contributed by atoms with E-state index in [0.717, 1.165) is 31.5 Å². The van der Waals surface area contributed by atoms with Gasteiger partial charge in [0.25, 0.3) is 0 Å². The van der Waals surface area contributed by atoms with Crippen LogP contribution in [0.25, 0.3) is 0 Å². The maximum atomic E-state index is 12.6. The molecule has 0 aromatic heterocycles. The summed E-state index contributed by atoms with van der Waals surface area (Å²) in [5.41, 5.74) is 7.07. The molecule has 1 fully saturated rings. The van der Waals surface area contributed by atoms with Gasteiger partial charge in [0.1, 0.15) is 0 Å². The fourth-order valence-corrected chi connectivity index (χ4v) is 2.80. The smallest absolute Gasteiger partial charge is 0.229 e. The first-order valence-electron chi connectivity index (χ1n) is 7.19. The standard InChI is InChI=1S/C16H24N2O/c1-12(14-7-4-3-5-8-14)16(19)18-10-6-9-15(11-18)13(2)17/h3-5,7-8,12-13,15H,6,9-11,17H2,1-2H3. The van der Waals surface area contributed by atoms with E-state index in [2.05, 4.69) is 0 Å². The van der Waals surface area contributed by atoms with Crippen molar-refractivity contribution in [1.29, 1.82) is 0 Å². The van der Waals surface area contributed by atoms with Gasteiger partial charge in [-0.05, 0) is 38.2 Å². The summed E-state index contributed by atoms with van der Waals surface area (Å²) in [6, 6.07) is 10.2. The Morgan fingerprint density at radius 2 is 2.00 bits per heavy atom. The number of rotatable bonds is 3. The minimum Gasteiger partial charge on any atom is -0.342 e. The Hall–Kier alpha value is -1.35. The van der Waals surface area contributed by atoms with Crippen LogP contribution in [-0.2, 0) is 4.79 Å². The van der Waals surface area contributed by atoms with Gasteiger partial charge >= 0.3 is 0 Å². The van der Waals surface area contributed by atoms with Crippen LogP contribution in [0, 0.1) is 5.92 Å². The maximum Gasteiger partial charge on any atom is 0.229 e. The first-order valence-corrected chi connectivity index (χ1v) is 7.19. The Kier molecular flexibility index (Phi) is 4.59. The number of piperidine rings is 1. The van der Waals surface area contributed by atoms with Crippen LogP contribution in [-0.4, -0.2) is 29.9 Å². The van der Waals surface area contributed by atoms with Crippen LogP contribution in [0.4, 0.5) is 0 Å². The second kappa shape index (κ2) is 6.20. The number of amides is 1. The molecule has 3 atom stereocenters. The van der Waals surface area contributed by atoms with Crippen LogP contribution >= 0.6 is 0 Å². The lowest BCUT2D eigenvalue weighted by Crippen LogP contribution is -2.46. The van der Waals surface area contributed by atoms with Crippen molar-refractivity contribution in [1.82, 2.24) is 4.90 Å². The molecule has 3 unspecified atom stereocenters. The molecule has 1 saturated heterocycles. The fraction of sp³-hybridized carbons (Fsp3) is 0.562. The van der Waals surface area contributed by atoms with Gasteiger partial charge in [-0.1, -0.05) is 30.3 Å². The number of nitrogens with zero attached hydrogens (tertiary/aromatic N) is 1. The van der Waals surface area contributed by atoms with Gasteiger partial charge < -0.3 is 10.6 Å². The number of nitrogens with two attached hydrogens (primary N) is 1. The molecule has 1 aromatic carbocycles. The van der Waals surface area contributed by atoms with Crippen molar-refractivity contribution in [2.45, 2.75) is 38.6 Å². The third-order valence-corrected chi connectivity index (χ3v) is 4.18. The summed E-state index contributed by atoms with van der Waals surface area (Å²) < 4.78 is 0. The summed E-state index contributed by atoms with van der Waals surface area (Å²) in [7, 11) is 0. The molecule has 1 amide bonds. The Bertz CT molecular complexity index is 416. The Morgan fingerprint density at radius 3 is 2.63 bits per heavy atom. The summed E-state index contributed by atoms with van der Waals surface area (Å²) in [5, 5.41) is 0. The molecule has 0 radical (unpaired) electrons. The van der Waals surface area contributed by atoms with E-state index in [1.807, 2.05) is 49.1 Å². The van der Waals surface area contributed by atoms with Gasteiger partial charge in [0.15, 0.2) is 0 Å². The van der Waals surface area contributed by atoms with E-state index in [9.17, 15) is 4.79 Å². The van der Waals surface area contributed by atoms with Crippen molar-refractivity contribution in [2.24, 2.45) is 11.7 Å². The lowest BCUT2D eigenvalue weighted by molar-refractivity contribution is -0.134. The third kappa shape index (κ3) is 3.35. The first-order chi connectivity index (χ1) is 9.09. The molecule has 1 heterocycles. The minimum absolute atomic E-state index is 0.0620. The molecule has 1 aliphatic heterocycles. The quantitative estimate of drug-likeness (QED) is 0.907. The molecular formula is C16H24N2O. The lowest BCUT2D eigenvalue weighted by atomic mass is 9.90. The first kappa shape index (κ1) is 14.1. The molecule has 0 saturated carbocycles. The molecule has 104 valence electrons. The van der Waals surface area contributed by atoms with Crippen LogP contribution in [0.15, 0.2) is 30.3 Å². The van der Waals surface area contributed by atoms with Crippen molar-refractivity contribution >= 4 is 5.91 Å². The second-order valence-corrected chi connectivity index (χ2v) is 5.68. The average Bonchev–Trinajstić information content (AvgIpc) is 2.46. The number of hydrogen-bond donors (Lipinski definition) is 1. The SMILES string of the molecule is CC(C(=O)N1CCCC(C(C)N)C1)c1ccccc1. The highest BCUT2D eigenvalue weighted by molar-refractivity contribution is 5.83. The van der Waals surface area contributed by atoms with E-state index in [-0.39, 0.29) is 17.9 Å². The second-order valence-electron chi connectivity index (χ2n) is 5.68. The predicted molar refractivity (Wildman–Crippen MR) is 77.8 cm³/mol. The number of likely N-dealkylation sites (tertiary alicyclic amines) is 1. The number of benzene rings is 1. The summed E-state index contributed by atoms with van der Waals surface area (Å²) >= 11 is 0. The molecule has 0 bridgehead atoms. The molecule has 1 aromatic rings. The Labute approximate surface area is 115 Å². The largest absolute Gasteiger partial charge is 0.342 e. The highest BCUT2D eigenvalue weighted by Gasteiger charge is 2.28. The van der Waals surface area contributed by atoms with E-state index in [4.69, 9.17) is 5.73 Å². The molecule has 0 spiro atoms. The molecule has 0 aliphatic carbocycles. The predicted octanol–water partition coefficient (Wildman–Crippen LogP) is 2.38. The molecule has 3 nitrogen and oxygen atoms in total. The van der Waals surface area contributed by atoms with E-state index in [1.54, 1.807) is 0 Å². The van der Waals surface area contributed by atoms with Crippen LogP contribution < -0.4 is 5.73 Å². The van der Waals surface area contributed by atoms with Gasteiger partial charge in [0, 0.05) is 19.1 Å². The zero-order valence-corrected chi connectivity index (χ0v) is 11.9. The highest BCUT2D eigenvalue weighted by Crippen LogP contribution is 2.23. The topological polar surface area (TPSA) is 46.3 Å². The summed E-state index contributed by atoms with van der Waals surface area (Å²) in [4.78, 5) is 14.5. The molecule has 3 heteroatoms. The minimum atomic E-state index is -0.0620. The van der Waals surface area contributed by atoms with Crippen molar-refractivity contribution in [3.05, 3.63) is 35.9 Å². The third-order valence-electron chi connectivity index (χ3n) is 4.18. The number of carbonyl (C=O) groups is 1. The Balaban J connectivity index is 2.03. The van der Waals surface area contributed by atoms with Gasteiger partial charge in [-0.25, -0.2) is 0 Å². The van der Waals surface area contributed by atoms with Crippen molar-refractivity contribution in [2.75, 3.05) is 13.1 Å². The zero-order chi connectivity index (χ0) is 13.8. The van der Waals surface area contributed by atoms with Crippen molar-refractivity contribution < 1.29 is 4.79 Å². The summed E-state index contributed by atoms with van der Waals surface area (Å²) in [6.45, 7) is 5.72. The van der Waals surface area contributed by atoms with E-state index in [1.165, 1.54) is 0 Å². The van der Waals surface area contributed by atoms with Crippen molar-refractivity contribution in [3.63, 3.8) is 0 Å². The fourth-order valence-electron chi connectivity index (χ4n) is 2.80. The highest BCUT2D eigenvalue weighted by atomic mass is 16.2. The number of hydrogen-bond acceptors (Lipinski definition) is 2. The maximum absolute atomic E-state index is 12.6. The number of carbonyl (C=O) groups excluding carboxylic acids is 1. The van der Waals surface area contributed by atoms with Crippen molar-refractivity contribution in [3.8, 4) is 0 Å². The van der Waals surface area contributed by atoms with Crippen LogP contribution in [0.5, 0.6) is 0 Å². The van der Waals surface area contributed by atoms with Gasteiger partial charge in [0.05, 0.1) is 5.92 Å².